The Morgan fingerprint density at radius 1 is 0.365 bits per heavy atom. The van der Waals surface area contributed by atoms with Crippen LogP contribution in [0.1, 0.15) is 197 Å². The number of hydrogen-bond acceptors (Lipinski definition) is 6. The first-order valence-electron chi connectivity index (χ1n) is 20.0. The molecule has 0 saturated heterocycles. The van der Waals surface area contributed by atoms with E-state index in [4.69, 9.17) is 42.9 Å². The molecule has 0 heterocycles. The first-order chi connectivity index (χ1) is 23.8. The van der Waals surface area contributed by atoms with E-state index in [0.717, 1.165) is 135 Å². The Balaban J connectivity index is -0.000000329. The van der Waals surface area contributed by atoms with Crippen LogP contribution < -0.4 is 0 Å². The van der Waals surface area contributed by atoms with Crippen molar-refractivity contribution in [2.24, 2.45) is 17.8 Å². The zero-order valence-corrected chi connectivity index (χ0v) is 40.2. The van der Waals surface area contributed by atoms with Gasteiger partial charge in [-0.25, -0.2) is 13.7 Å². The smallest absolute Gasteiger partial charge is 0.303 e. The maximum atomic E-state index is 11.0. The monoisotopic (exact) mass is 940 g/mol. The zero-order valence-electron chi connectivity index (χ0n) is 34.3. The minimum atomic E-state index is -4.36. The van der Waals surface area contributed by atoms with Crippen molar-refractivity contribution in [3.05, 3.63) is 0 Å². The molecule has 0 aromatic heterocycles. The van der Waals surface area contributed by atoms with Crippen LogP contribution in [0.4, 0.5) is 0 Å². The molecule has 0 aliphatic rings. The Morgan fingerprint density at radius 2 is 0.538 bits per heavy atom. The first-order valence-corrected chi connectivity index (χ1v) is 24.6. The molecule has 0 aromatic carbocycles. The van der Waals surface area contributed by atoms with Gasteiger partial charge in [0.2, 0.25) is 0 Å². The van der Waals surface area contributed by atoms with Crippen molar-refractivity contribution in [3.63, 3.8) is 0 Å². The Hall–Kier alpha value is 1.68. The Morgan fingerprint density at radius 3 is 0.673 bits per heavy atom. The molecule has 12 nitrogen and oxygen atoms in total. The third-order valence-electron chi connectivity index (χ3n) is 9.28. The molecule has 0 aliphatic carbocycles. The molecule has 0 fully saturated rings. The van der Waals surface area contributed by atoms with Crippen LogP contribution in [0.25, 0.3) is 0 Å². The molecular formula is C36H81NdO12P3. The van der Waals surface area contributed by atoms with E-state index in [1.54, 1.807) is 0 Å². The minimum Gasteiger partial charge on any atom is -0.303 e. The molecule has 0 rings (SSSR count). The van der Waals surface area contributed by atoms with Gasteiger partial charge in [0.25, 0.3) is 0 Å². The summed E-state index contributed by atoms with van der Waals surface area (Å²) in [6, 6.07) is 0. The third kappa shape index (κ3) is 38.5. The summed E-state index contributed by atoms with van der Waals surface area (Å²) < 4.78 is 47.8. The summed E-state index contributed by atoms with van der Waals surface area (Å²) in [4.78, 5) is 53.7. The largest absolute Gasteiger partial charge is 0.469 e. The van der Waals surface area contributed by atoms with Crippen LogP contribution in [-0.2, 0) is 27.3 Å². The van der Waals surface area contributed by atoms with Crippen LogP contribution in [0.2, 0.25) is 0 Å². The molecule has 0 radical (unpaired) electrons. The fourth-order valence-corrected chi connectivity index (χ4v) is 8.12. The second kappa shape index (κ2) is 37.0. The number of unbranched alkanes of at least 4 members (excludes halogenated alkanes) is 6. The van der Waals surface area contributed by atoms with Gasteiger partial charge in [-0.2, -0.15) is 0 Å². The minimum absolute atomic E-state index is 0. The Bertz CT molecular complexity index is 801. The maximum Gasteiger partial charge on any atom is 0.469 e. The van der Waals surface area contributed by atoms with Gasteiger partial charge in [-0.3, -0.25) is 13.6 Å². The molecule has 0 amide bonds. The molecule has 6 atom stereocenters. The van der Waals surface area contributed by atoms with Crippen LogP contribution in [0.5, 0.6) is 0 Å². The van der Waals surface area contributed by atoms with E-state index in [0.29, 0.717) is 0 Å². The zero-order chi connectivity index (χ0) is 39.9. The van der Waals surface area contributed by atoms with Crippen molar-refractivity contribution in [1.29, 1.82) is 0 Å². The van der Waals surface area contributed by atoms with Crippen LogP contribution in [0.15, 0.2) is 0 Å². The van der Waals surface area contributed by atoms with Crippen LogP contribution in [0, 0.1) is 58.6 Å². The predicted octanol–water partition coefficient (Wildman–Crippen LogP) is 11.6. The van der Waals surface area contributed by atoms with E-state index in [1.165, 1.54) is 0 Å². The van der Waals surface area contributed by atoms with Gasteiger partial charge in [-0.05, 0) is 56.3 Å². The average molecular weight is 943 g/mol. The summed E-state index contributed by atoms with van der Waals surface area (Å²) in [6.07, 6.45) is 19.5. The molecule has 316 valence electrons. The van der Waals surface area contributed by atoms with Gasteiger partial charge in [0, 0.05) is 40.8 Å². The van der Waals surface area contributed by atoms with Crippen molar-refractivity contribution in [2.45, 2.75) is 215 Å². The van der Waals surface area contributed by atoms with E-state index < -0.39 is 23.5 Å². The van der Waals surface area contributed by atoms with E-state index in [9.17, 15) is 13.7 Å². The number of rotatable bonds is 30. The Kier molecular flexibility index (Phi) is 42.9. The van der Waals surface area contributed by atoms with E-state index >= 15 is 0 Å². The second-order valence-corrected chi connectivity index (χ2v) is 17.3. The third-order valence-corrected chi connectivity index (χ3v) is 10.9. The molecule has 0 spiro atoms. The van der Waals surface area contributed by atoms with Crippen LogP contribution in [0.3, 0.4) is 0 Å². The van der Waals surface area contributed by atoms with Crippen molar-refractivity contribution in [3.8, 4) is 0 Å². The topological polar surface area (TPSA) is 200 Å². The molecule has 6 N–H and O–H groups in total. The number of phosphoric ester groups is 3. The summed E-state index contributed by atoms with van der Waals surface area (Å²) in [7, 11) is -13.1. The number of phosphoric acid groups is 3. The van der Waals surface area contributed by atoms with Crippen molar-refractivity contribution in [2.75, 3.05) is 0 Å². The van der Waals surface area contributed by atoms with E-state index in [2.05, 4.69) is 62.3 Å². The number of hydrogen-bond donors (Lipinski definition) is 6. The molecule has 16 heteroatoms. The summed E-state index contributed by atoms with van der Waals surface area (Å²) in [5, 5.41) is 0. The molecular weight excluding hydrogens is 862 g/mol. The maximum absolute atomic E-state index is 11.0. The summed E-state index contributed by atoms with van der Waals surface area (Å²) >= 11 is 0. The van der Waals surface area contributed by atoms with Gasteiger partial charge in [-0.1, -0.05) is 159 Å². The fourth-order valence-electron chi connectivity index (χ4n) is 6.23. The molecule has 0 saturated carbocycles. The fraction of sp³-hybridized carbons (Fsp3) is 1.00. The van der Waals surface area contributed by atoms with Gasteiger partial charge in [0.15, 0.2) is 0 Å². The summed E-state index contributed by atoms with van der Waals surface area (Å²) in [6.45, 7) is 18.8. The van der Waals surface area contributed by atoms with Crippen molar-refractivity contribution >= 4 is 23.5 Å². The quantitative estimate of drug-likeness (QED) is 0.0373. The standard InChI is InChI=1S/3C12H27O4P.Nd/c3*1-4-7-9-11(6-3)12(10-8-5-2)16-17(13,14)15;/h3*11-12H,4-10H2,1-3H3,(H2,13,14,15);. The van der Waals surface area contributed by atoms with E-state index in [-0.39, 0.29) is 76.9 Å². The van der Waals surface area contributed by atoms with Crippen molar-refractivity contribution < 1.29 is 97.5 Å². The van der Waals surface area contributed by atoms with Crippen LogP contribution >= 0.6 is 23.5 Å². The molecule has 6 unspecified atom stereocenters. The molecule has 0 aliphatic heterocycles. The summed E-state index contributed by atoms with van der Waals surface area (Å²) in [5.41, 5.74) is 0. The Labute approximate surface area is 351 Å². The van der Waals surface area contributed by atoms with Gasteiger partial charge in [0.05, 0.1) is 18.3 Å². The van der Waals surface area contributed by atoms with Gasteiger partial charge in [-0.15, -0.1) is 0 Å². The van der Waals surface area contributed by atoms with E-state index in [1.807, 2.05) is 0 Å². The second-order valence-electron chi connectivity index (χ2n) is 13.8. The molecule has 52 heavy (non-hydrogen) atoms. The van der Waals surface area contributed by atoms with Gasteiger partial charge < -0.3 is 29.4 Å². The molecule has 0 bridgehead atoms. The van der Waals surface area contributed by atoms with Crippen molar-refractivity contribution in [1.82, 2.24) is 0 Å². The SMILES string of the molecule is CCCCC(CC)C(CCCC)OP(=O)(O)O.CCCCC(CC)C(CCCC)OP(=O)(O)O.CCCCC(CC)C(CCCC)OP(=O)(O)O.[Nd]. The van der Waals surface area contributed by atoms with Gasteiger partial charge >= 0.3 is 23.5 Å². The van der Waals surface area contributed by atoms with Gasteiger partial charge in [0.1, 0.15) is 0 Å². The first kappa shape index (κ1) is 60.4. The average Bonchev–Trinajstić information content (AvgIpc) is 3.04. The summed E-state index contributed by atoms with van der Waals surface area (Å²) in [5.74, 6) is 0.775. The normalized spacial score (nSPS) is 15.5. The van der Waals surface area contributed by atoms with Crippen LogP contribution in [-0.4, -0.2) is 47.7 Å². The molecule has 0 aromatic rings. The predicted molar refractivity (Wildman–Crippen MR) is 209 cm³/mol.